The van der Waals surface area contributed by atoms with Gasteiger partial charge in [-0.3, -0.25) is 14.4 Å². The number of ketones is 3. The van der Waals surface area contributed by atoms with E-state index < -0.39 is 5.92 Å². The minimum atomic E-state index is -0.925. The number of rotatable bonds is 2. The fourth-order valence-electron chi connectivity index (χ4n) is 3.15. The van der Waals surface area contributed by atoms with Crippen LogP contribution in [0.1, 0.15) is 52.4 Å². The maximum absolute atomic E-state index is 12.2. The van der Waals surface area contributed by atoms with Crippen LogP contribution in [0.15, 0.2) is 0 Å². The van der Waals surface area contributed by atoms with Crippen molar-refractivity contribution in [2.75, 3.05) is 0 Å². The van der Waals surface area contributed by atoms with E-state index in [0.717, 1.165) is 25.7 Å². The molecule has 0 amide bonds. The third kappa shape index (κ3) is 2.48. The van der Waals surface area contributed by atoms with Crippen molar-refractivity contribution in [3.63, 3.8) is 0 Å². The van der Waals surface area contributed by atoms with Gasteiger partial charge in [-0.1, -0.05) is 26.7 Å². The molecule has 0 bridgehead atoms. The van der Waals surface area contributed by atoms with Gasteiger partial charge in [-0.15, -0.1) is 0 Å². The maximum atomic E-state index is 12.2. The van der Waals surface area contributed by atoms with Gasteiger partial charge in [0.1, 0.15) is 5.92 Å². The summed E-state index contributed by atoms with van der Waals surface area (Å²) >= 11 is 0. The van der Waals surface area contributed by atoms with Crippen molar-refractivity contribution in [1.82, 2.24) is 0 Å². The second-order valence-electron chi connectivity index (χ2n) is 6.27. The molecule has 2 rings (SSSR count). The van der Waals surface area contributed by atoms with E-state index in [4.69, 9.17) is 0 Å². The topological polar surface area (TPSA) is 51.2 Å². The first-order valence-electron chi connectivity index (χ1n) is 6.50. The molecule has 0 aromatic rings. The first-order chi connectivity index (χ1) is 7.91. The summed E-state index contributed by atoms with van der Waals surface area (Å²) in [5.41, 5.74) is -0.263. The number of carbonyl (C=O) groups is 3. The molecule has 17 heavy (non-hydrogen) atoms. The van der Waals surface area contributed by atoms with Crippen LogP contribution in [0.25, 0.3) is 0 Å². The van der Waals surface area contributed by atoms with Gasteiger partial charge in [0.15, 0.2) is 17.3 Å². The fourth-order valence-corrected chi connectivity index (χ4v) is 3.15. The number of hydrogen-bond donors (Lipinski definition) is 0. The van der Waals surface area contributed by atoms with Crippen LogP contribution in [0.2, 0.25) is 0 Å². The first kappa shape index (κ1) is 12.5. The van der Waals surface area contributed by atoms with E-state index in [1.807, 2.05) is 13.8 Å². The molecule has 0 spiro atoms. The smallest absolute Gasteiger partial charge is 0.153 e. The van der Waals surface area contributed by atoms with Crippen LogP contribution in [0.5, 0.6) is 0 Å². The van der Waals surface area contributed by atoms with Gasteiger partial charge in [-0.05, 0) is 18.3 Å². The average Bonchev–Trinajstić information content (AvgIpc) is 2.66. The lowest BCUT2D eigenvalue weighted by Gasteiger charge is -2.32. The van der Waals surface area contributed by atoms with Crippen LogP contribution in [0, 0.1) is 17.3 Å². The SMILES string of the molecule is CC1(C)CC(=O)C(C(=O)C2CCCC2)C(=O)C1. The second kappa shape index (κ2) is 4.35. The zero-order valence-electron chi connectivity index (χ0n) is 10.6. The van der Waals surface area contributed by atoms with Crippen molar-refractivity contribution < 1.29 is 14.4 Å². The Kier molecular flexibility index (Phi) is 3.19. The van der Waals surface area contributed by atoms with Gasteiger partial charge in [0.25, 0.3) is 0 Å². The molecule has 0 saturated heterocycles. The van der Waals surface area contributed by atoms with Crippen LogP contribution < -0.4 is 0 Å². The molecule has 0 radical (unpaired) electrons. The standard InChI is InChI=1S/C14H20O3/c1-14(2)7-10(15)12(11(16)8-14)13(17)9-5-3-4-6-9/h9,12H,3-8H2,1-2H3. The van der Waals surface area contributed by atoms with Crippen LogP contribution >= 0.6 is 0 Å². The lowest BCUT2D eigenvalue weighted by Crippen LogP contribution is -2.43. The largest absolute Gasteiger partial charge is 0.298 e. The highest BCUT2D eigenvalue weighted by Crippen LogP contribution is 2.37. The zero-order chi connectivity index (χ0) is 12.6. The highest BCUT2D eigenvalue weighted by atomic mass is 16.2. The Morgan fingerprint density at radius 3 is 2.00 bits per heavy atom. The molecule has 0 aromatic heterocycles. The highest BCUT2D eigenvalue weighted by molar-refractivity contribution is 6.21. The van der Waals surface area contributed by atoms with Crippen molar-refractivity contribution in [1.29, 1.82) is 0 Å². The molecule has 2 aliphatic rings. The molecule has 2 fully saturated rings. The van der Waals surface area contributed by atoms with Gasteiger partial charge in [0.2, 0.25) is 0 Å². The summed E-state index contributed by atoms with van der Waals surface area (Å²) in [6, 6.07) is 0. The molecule has 94 valence electrons. The Morgan fingerprint density at radius 1 is 1.06 bits per heavy atom. The Labute approximate surface area is 102 Å². The minimum Gasteiger partial charge on any atom is -0.298 e. The summed E-state index contributed by atoms with van der Waals surface area (Å²) in [5.74, 6) is -1.35. The second-order valence-corrected chi connectivity index (χ2v) is 6.27. The summed E-state index contributed by atoms with van der Waals surface area (Å²) in [6.07, 6.45) is 4.55. The summed E-state index contributed by atoms with van der Waals surface area (Å²) in [7, 11) is 0. The lowest BCUT2D eigenvalue weighted by molar-refractivity contribution is -0.146. The van der Waals surface area contributed by atoms with Crippen molar-refractivity contribution >= 4 is 17.3 Å². The third-order valence-corrected chi connectivity index (χ3v) is 3.99. The molecule has 3 heteroatoms. The monoisotopic (exact) mass is 236 g/mol. The Balaban J connectivity index is 2.12. The summed E-state index contributed by atoms with van der Waals surface area (Å²) in [5, 5.41) is 0. The average molecular weight is 236 g/mol. The molecular weight excluding hydrogens is 216 g/mol. The van der Waals surface area contributed by atoms with E-state index >= 15 is 0 Å². The Hall–Kier alpha value is -0.990. The van der Waals surface area contributed by atoms with Crippen LogP contribution in [0.3, 0.4) is 0 Å². The van der Waals surface area contributed by atoms with Crippen LogP contribution in [-0.2, 0) is 14.4 Å². The summed E-state index contributed by atoms with van der Waals surface area (Å²) in [4.78, 5) is 36.1. The van der Waals surface area contributed by atoms with E-state index in [1.165, 1.54) is 0 Å². The van der Waals surface area contributed by atoms with Crippen LogP contribution in [0.4, 0.5) is 0 Å². The summed E-state index contributed by atoms with van der Waals surface area (Å²) in [6.45, 7) is 3.83. The lowest BCUT2D eigenvalue weighted by atomic mass is 9.69. The minimum absolute atomic E-state index is 0.0332. The van der Waals surface area contributed by atoms with Crippen molar-refractivity contribution in [2.45, 2.75) is 52.4 Å². The molecular formula is C14H20O3. The van der Waals surface area contributed by atoms with E-state index in [0.29, 0.717) is 12.8 Å². The van der Waals surface area contributed by atoms with Crippen LogP contribution in [-0.4, -0.2) is 17.3 Å². The predicted octanol–water partition coefficient (Wildman–Crippen LogP) is 2.32. The van der Waals surface area contributed by atoms with Crippen molar-refractivity contribution in [3.8, 4) is 0 Å². The molecule has 2 saturated carbocycles. The number of carbonyl (C=O) groups excluding carboxylic acids is 3. The zero-order valence-corrected chi connectivity index (χ0v) is 10.6. The molecule has 0 atom stereocenters. The maximum Gasteiger partial charge on any atom is 0.153 e. The Bertz CT molecular complexity index is 342. The predicted molar refractivity (Wildman–Crippen MR) is 63.5 cm³/mol. The third-order valence-electron chi connectivity index (χ3n) is 3.99. The normalized spacial score (nSPS) is 26.5. The number of Topliss-reactive ketones (excluding diaryl/α,β-unsaturated/α-hetero) is 3. The van der Waals surface area contributed by atoms with E-state index in [1.54, 1.807) is 0 Å². The number of hydrogen-bond acceptors (Lipinski definition) is 3. The highest BCUT2D eigenvalue weighted by Gasteiger charge is 2.45. The summed E-state index contributed by atoms with van der Waals surface area (Å²) < 4.78 is 0. The van der Waals surface area contributed by atoms with E-state index in [-0.39, 0.29) is 28.7 Å². The molecule has 0 aliphatic heterocycles. The fraction of sp³-hybridized carbons (Fsp3) is 0.786. The molecule has 3 nitrogen and oxygen atoms in total. The van der Waals surface area contributed by atoms with E-state index in [2.05, 4.69) is 0 Å². The Morgan fingerprint density at radius 2 is 1.53 bits per heavy atom. The van der Waals surface area contributed by atoms with Gasteiger partial charge >= 0.3 is 0 Å². The molecule has 0 N–H and O–H groups in total. The van der Waals surface area contributed by atoms with Gasteiger partial charge in [-0.2, -0.15) is 0 Å². The van der Waals surface area contributed by atoms with Gasteiger partial charge in [0.05, 0.1) is 0 Å². The van der Waals surface area contributed by atoms with Gasteiger partial charge in [0, 0.05) is 18.8 Å². The molecule has 2 aliphatic carbocycles. The van der Waals surface area contributed by atoms with Gasteiger partial charge in [-0.25, -0.2) is 0 Å². The quantitative estimate of drug-likeness (QED) is 0.691. The first-order valence-corrected chi connectivity index (χ1v) is 6.50. The molecule has 0 aromatic carbocycles. The van der Waals surface area contributed by atoms with Crippen molar-refractivity contribution in [2.24, 2.45) is 17.3 Å². The molecule has 0 unspecified atom stereocenters. The van der Waals surface area contributed by atoms with E-state index in [9.17, 15) is 14.4 Å². The molecule has 0 heterocycles. The van der Waals surface area contributed by atoms with Crippen molar-refractivity contribution in [3.05, 3.63) is 0 Å². The van der Waals surface area contributed by atoms with Gasteiger partial charge < -0.3 is 0 Å².